The van der Waals surface area contributed by atoms with Crippen LogP contribution in [0.3, 0.4) is 0 Å². The van der Waals surface area contributed by atoms with Crippen molar-refractivity contribution in [2.24, 2.45) is 5.92 Å². The molecular formula is C10H14ClN3OS. The zero-order valence-electron chi connectivity index (χ0n) is 8.86. The highest BCUT2D eigenvalue weighted by Gasteiger charge is 2.20. The van der Waals surface area contributed by atoms with Crippen LogP contribution in [0.2, 0.25) is 0 Å². The molecule has 16 heavy (non-hydrogen) atoms. The maximum atomic E-state index is 11.6. The van der Waals surface area contributed by atoms with Crippen molar-refractivity contribution < 1.29 is 4.79 Å². The number of aromatic nitrogens is 2. The predicted molar refractivity (Wildman–Crippen MR) is 63.8 cm³/mol. The van der Waals surface area contributed by atoms with Crippen LogP contribution in [0.5, 0.6) is 0 Å². The molecule has 0 bridgehead atoms. The van der Waals surface area contributed by atoms with Gasteiger partial charge in [0, 0.05) is 11.9 Å². The fourth-order valence-electron chi connectivity index (χ4n) is 1.92. The molecular weight excluding hydrogens is 246 g/mol. The molecule has 1 aromatic heterocycles. The molecule has 4 nitrogen and oxygen atoms in total. The van der Waals surface area contributed by atoms with Gasteiger partial charge in [0.15, 0.2) is 0 Å². The van der Waals surface area contributed by atoms with Gasteiger partial charge in [-0.25, -0.2) is 0 Å². The molecule has 0 aliphatic heterocycles. The second-order valence-electron chi connectivity index (χ2n) is 4.11. The molecule has 1 fully saturated rings. The summed E-state index contributed by atoms with van der Waals surface area (Å²) in [6.45, 7) is 0.736. The van der Waals surface area contributed by atoms with E-state index < -0.39 is 0 Å². The third-order valence-corrected chi connectivity index (χ3v) is 4.01. The van der Waals surface area contributed by atoms with Gasteiger partial charge in [0.05, 0.1) is 6.20 Å². The van der Waals surface area contributed by atoms with Crippen LogP contribution in [0.1, 0.15) is 35.4 Å². The van der Waals surface area contributed by atoms with Gasteiger partial charge in [-0.15, -0.1) is 16.7 Å². The summed E-state index contributed by atoms with van der Waals surface area (Å²) in [6, 6.07) is 0. The summed E-state index contributed by atoms with van der Waals surface area (Å²) in [5.41, 5.74) is 0. The monoisotopic (exact) mass is 259 g/mol. The van der Waals surface area contributed by atoms with Crippen LogP contribution in [0.4, 0.5) is 0 Å². The third kappa shape index (κ3) is 3.15. The lowest BCUT2D eigenvalue weighted by Gasteiger charge is -2.24. The predicted octanol–water partition coefficient (Wildman–Crippen LogP) is 2.07. The quantitative estimate of drug-likeness (QED) is 0.846. The second kappa shape index (κ2) is 5.59. The largest absolute Gasteiger partial charge is 0.351 e. The smallest absolute Gasteiger partial charge is 0.264 e. The van der Waals surface area contributed by atoms with E-state index in [1.165, 1.54) is 6.20 Å². The van der Waals surface area contributed by atoms with Gasteiger partial charge in [0.25, 0.3) is 5.91 Å². The lowest BCUT2D eigenvalue weighted by Crippen LogP contribution is -2.31. The molecule has 1 saturated carbocycles. The summed E-state index contributed by atoms with van der Waals surface area (Å²) in [5.74, 6) is 0.503. The molecule has 0 saturated heterocycles. The molecule has 1 aliphatic carbocycles. The van der Waals surface area contributed by atoms with E-state index in [1.54, 1.807) is 0 Å². The topological polar surface area (TPSA) is 54.9 Å². The SMILES string of the molecule is O=C(NCC1CCC(Cl)CC1)c1cnns1. The first-order chi connectivity index (χ1) is 7.75. The lowest BCUT2D eigenvalue weighted by molar-refractivity contribution is 0.0947. The van der Waals surface area contributed by atoms with Crippen molar-refractivity contribution in [1.82, 2.24) is 14.9 Å². The van der Waals surface area contributed by atoms with Crippen LogP contribution >= 0.6 is 23.1 Å². The van der Waals surface area contributed by atoms with Gasteiger partial charge < -0.3 is 5.32 Å². The number of nitrogens with one attached hydrogen (secondary N) is 1. The Labute approximate surface area is 104 Å². The van der Waals surface area contributed by atoms with E-state index in [1.807, 2.05) is 0 Å². The zero-order valence-corrected chi connectivity index (χ0v) is 10.4. The molecule has 2 rings (SSSR count). The third-order valence-electron chi connectivity index (χ3n) is 2.91. The Kier molecular flexibility index (Phi) is 4.12. The van der Waals surface area contributed by atoms with Gasteiger partial charge in [-0.1, -0.05) is 4.49 Å². The van der Waals surface area contributed by atoms with Crippen molar-refractivity contribution in [2.45, 2.75) is 31.1 Å². The molecule has 0 unspecified atom stereocenters. The van der Waals surface area contributed by atoms with Crippen molar-refractivity contribution in [3.8, 4) is 0 Å². The number of hydrogen-bond donors (Lipinski definition) is 1. The van der Waals surface area contributed by atoms with Gasteiger partial charge in [-0.2, -0.15) is 0 Å². The van der Waals surface area contributed by atoms with Crippen molar-refractivity contribution in [3.63, 3.8) is 0 Å². The fourth-order valence-corrected chi connectivity index (χ4v) is 2.60. The van der Waals surface area contributed by atoms with Crippen molar-refractivity contribution >= 4 is 29.0 Å². The average Bonchev–Trinajstić information content (AvgIpc) is 2.81. The number of nitrogens with zero attached hydrogens (tertiary/aromatic N) is 2. The first-order valence-electron chi connectivity index (χ1n) is 5.45. The highest BCUT2D eigenvalue weighted by Crippen LogP contribution is 2.26. The van der Waals surface area contributed by atoms with E-state index in [4.69, 9.17) is 11.6 Å². The molecule has 1 aromatic rings. The number of hydrogen-bond acceptors (Lipinski definition) is 4. The van der Waals surface area contributed by atoms with E-state index in [9.17, 15) is 4.79 Å². The minimum absolute atomic E-state index is 0.0667. The molecule has 6 heteroatoms. The fraction of sp³-hybridized carbons (Fsp3) is 0.700. The molecule has 1 heterocycles. The van der Waals surface area contributed by atoms with Crippen LogP contribution in [0.25, 0.3) is 0 Å². The summed E-state index contributed by atoms with van der Waals surface area (Å²) in [4.78, 5) is 12.2. The first kappa shape index (κ1) is 11.8. The number of halogens is 1. The summed E-state index contributed by atoms with van der Waals surface area (Å²) in [7, 11) is 0. The van der Waals surface area contributed by atoms with Gasteiger partial charge >= 0.3 is 0 Å². The van der Waals surface area contributed by atoms with Crippen molar-refractivity contribution in [2.75, 3.05) is 6.54 Å². The molecule has 88 valence electrons. The van der Waals surface area contributed by atoms with E-state index in [0.717, 1.165) is 43.8 Å². The van der Waals surface area contributed by atoms with E-state index >= 15 is 0 Å². The first-order valence-corrected chi connectivity index (χ1v) is 6.66. The lowest BCUT2D eigenvalue weighted by atomic mass is 9.89. The average molecular weight is 260 g/mol. The maximum Gasteiger partial charge on any atom is 0.264 e. The Morgan fingerprint density at radius 3 is 2.88 bits per heavy atom. The van der Waals surface area contributed by atoms with E-state index in [0.29, 0.717) is 16.2 Å². The molecule has 0 radical (unpaired) electrons. The highest BCUT2D eigenvalue weighted by molar-refractivity contribution is 7.07. The van der Waals surface area contributed by atoms with Gasteiger partial charge in [-0.05, 0) is 43.1 Å². The summed E-state index contributed by atoms with van der Waals surface area (Å²) < 4.78 is 3.66. The van der Waals surface area contributed by atoms with E-state index in [2.05, 4.69) is 14.9 Å². The zero-order chi connectivity index (χ0) is 11.4. The number of alkyl halides is 1. The van der Waals surface area contributed by atoms with Crippen molar-refractivity contribution in [3.05, 3.63) is 11.1 Å². The summed E-state index contributed by atoms with van der Waals surface area (Å²) in [6.07, 6.45) is 5.83. The molecule has 0 atom stereocenters. The minimum atomic E-state index is -0.0667. The number of carbonyl (C=O) groups excluding carboxylic acids is 1. The summed E-state index contributed by atoms with van der Waals surface area (Å²) >= 11 is 7.15. The number of carbonyl (C=O) groups is 1. The Bertz CT molecular complexity index is 336. The van der Waals surface area contributed by atoms with Crippen molar-refractivity contribution in [1.29, 1.82) is 0 Å². The Balaban J connectivity index is 1.73. The normalized spacial score (nSPS) is 25.3. The van der Waals surface area contributed by atoms with Crippen LogP contribution in [-0.4, -0.2) is 27.4 Å². The Morgan fingerprint density at radius 1 is 1.50 bits per heavy atom. The Morgan fingerprint density at radius 2 is 2.25 bits per heavy atom. The van der Waals surface area contributed by atoms with Crippen LogP contribution in [-0.2, 0) is 0 Å². The van der Waals surface area contributed by atoms with Gasteiger partial charge in [0.1, 0.15) is 4.88 Å². The summed E-state index contributed by atoms with van der Waals surface area (Å²) in [5, 5.41) is 6.89. The molecule has 1 aliphatic rings. The van der Waals surface area contributed by atoms with Crippen LogP contribution < -0.4 is 5.32 Å². The minimum Gasteiger partial charge on any atom is -0.351 e. The molecule has 0 spiro atoms. The standard InChI is InChI=1S/C10H14ClN3OS/c11-8-3-1-7(2-4-8)5-12-10(15)9-6-13-14-16-9/h6-8H,1-5H2,(H,12,15). The van der Waals surface area contributed by atoms with Gasteiger partial charge in [-0.3, -0.25) is 4.79 Å². The highest BCUT2D eigenvalue weighted by atomic mass is 35.5. The maximum absolute atomic E-state index is 11.6. The second-order valence-corrected chi connectivity index (χ2v) is 5.51. The van der Waals surface area contributed by atoms with Crippen LogP contribution in [0, 0.1) is 5.92 Å². The van der Waals surface area contributed by atoms with Gasteiger partial charge in [0.2, 0.25) is 0 Å². The van der Waals surface area contributed by atoms with Crippen LogP contribution in [0.15, 0.2) is 6.20 Å². The number of amides is 1. The Hall–Kier alpha value is -0.680. The molecule has 1 N–H and O–H groups in total. The molecule has 1 amide bonds. The number of rotatable bonds is 3. The van der Waals surface area contributed by atoms with E-state index in [-0.39, 0.29) is 5.91 Å². The molecule has 0 aromatic carbocycles.